The quantitative estimate of drug-likeness (QED) is 0.228. The van der Waals surface area contributed by atoms with Crippen LogP contribution in [-0.2, 0) is 14.9 Å². The number of terminal acetylenes is 1. The fourth-order valence-electron chi connectivity index (χ4n) is 5.62. The van der Waals surface area contributed by atoms with E-state index < -0.39 is 5.41 Å². The molecule has 4 aromatic rings. The fourth-order valence-corrected chi connectivity index (χ4v) is 5.62. The van der Waals surface area contributed by atoms with Crippen LogP contribution in [0.25, 0.3) is 0 Å². The molecule has 6 rings (SSSR count). The van der Waals surface area contributed by atoms with Crippen molar-refractivity contribution in [2.24, 2.45) is 0 Å². The predicted molar refractivity (Wildman–Crippen MR) is 148 cm³/mol. The Bertz CT molecular complexity index is 1510. The van der Waals surface area contributed by atoms with Crippen LogP contribution in [0, 0.1) is 12.3 Å². The van der Waals surface area contributed by atoms with Crippen LogP contribution in [0.2, 0.25) is 0 Å². The van der Waals surface area contributed by atoms with Crippen molar-refractivity contribution in [1.82, 2.24) is 0 Å². The number of hydrogen-bond donors (Lipinski definition) is 0. The molecule has 39 heavy (non-hydrogen) atoms. The molecular weight excluding hydrogens is 490 g/mol. The maximum absolute atomic E-state index is 14.8. The SMILES string of the molecule is C#CCOc1cc2c(cc1OCOC)OCC21C(=O)N(C(c2ccccc2)c2ccccc2)c2ccccc21. The van der Waals surface area contributed by atoms with E-state index in [-0.39, 0.29) is 32.0 Å². The molecule has 1 unspecified atom stereocenters. The first kappa shape index (κ1) is 24.6. The zero-order valence-electron chi connectivity index (χ0n) is 21.5. The van der Waals surface area contributed by atoms with Crippen molar-refractivity contribution in [3.8, 4) is 29.6 Å². The van der Waals surface area contributed by atoms with Crippen LogP contribution in [0.1, 0.15) is 28.3 Å². The summed E-state index contributed by atoms with van der Waals surface area (Å²) in [5.41, 5.74) is 3.44. The topological polar surface area (TPSA) is 57.2 Å². The number of hydrogen-bond acceptors (Lipinski definition) is 5. The number of anilines is 1. The highest BCUT2D eigenvalue weighted by molar-refractivity contribution is 6.12. The Morgan fingerprint density at radius 1 is 0.897 bits per heavy atom. The number of rotatable bonds is 8. The van der Waals surface area contributed by atoms with Gasteiger partial charge in [-0.1, -0.05) is 84.8 Å². The summed E-state index contributed by atoms with van der Waals surface area (Å²) in [4.78, 5) is 16.8. The largest absolute Gasteiger partial charge is 0.491 e. The van der Waals surface area contributed by atoms with Gasteiger partial charge in [-0.2, -0.15) is 0 Å². The van der Waals surface area contributed by atoms with Crippen molar-refractivity contribution in [3.63, 3.8) is 0 Å². The molecule has 0 N–H and O–H groups in total. The number of ether oxygens (including phenoxy) is 4. The van der Waals surface area contributed by atoms with Gasteiger partial charge in [-0.3, -0.25) is 9.69 Å². The number of carbonyl (C=O) groups excluding carboxylic acids is 1. The number of carbonyl (C=O) groups is 1. The number of para-hydroxylation sites is 1. The molecule has 0 aromatic heterocycles. The molecule has 6 nitrogen and oxygen atoms in total. The Labute approximate surface area is 227 Å². The van der Waals surface area contributed by atoms with Crippen LogP contribution in [-0.4, -0.2) is 33.0 Å². The van der Waals surface area contributed by atoms with E-state index in [0.29, 0.717) is 17.2 Å². The first-order chi connectivity index (χ1) is 19.2. The minimum Gasteiger partial charge on any atom is -0.491 e. The van der Waals surface area contributed by atoms with Crippen molar-refractivity contribution >= 4 is 11.6 Å². The summed E-state index contributed by atoms with van der Waals surface area (Å²) in [6.07, 6.45) is 5.48. The van der Waals surface area contributed by atoms with Gasteiger partial charge in [-0.05, 0) is 28.8 Å². The molecule has 0 bridgehead atoms. The minimum absolute atomic E-state index is 0.0295. The van der Waals surface area contributed by atoms with E-state index in [1.807, 2.05) is 71.6 Å². The second-order valence-corrected chi connectivity index (χ2v) is 9.45. The highest BCUT2D eigenvalue weighted by Gasteiger charge is 2.58. The predicted octanol–water partition coefficient (Wildman–Crippen LogP) is 5.50. The number of methoxy groups -OCH3 is 1. The molecule has 1 amide bonds. The first-order valence-electron chi connectivity index (χ1n) is 12.7. The Morgan fingerprint density at radius 3 is 2.21 bits per heavy atom. The van der Waals surface area contributed by atoms with Crippen LogP contribution < -0.4 is 19.1 Å². The monoisotopic (exact) mass is 517 g/mol. The molecule has 0 aliphatic carbocycles. The molecule has 0 radical (unpaired) electrons. The molecule has 2 aliphatic heterocycles. The molecule has 0 saturated heterocycles. The van der Waals surface area contributed by atoms with E-state index in [1.54, 1.807) is 13.2 Å². The van der Waals surface area contributed by atoms with E-state index >= 15 is 0 Å². The zero-order valence-corrected chi connectivity index (χ0v) is 21.5. The highest BCUT2D eigenvalue weighted by Crippen LogP contribution is 2.56. The maximum atomic E-state index is 14.8. The third-order valence-electron chi connectivity index (χ3n) is 7.29. The molecule has 2 aliphatic rings. The molecule has 0 fully saturated rings. The van der Waals surface area contributed by atoms with Crippen LogP contribution in [0.15, 0.2) is 97.1 Å². The summed E-state index contributed by atoms with van der Waals surface area (Å²) in [5.74, 6) is 3.86. The minimum atomic E-state index is -1.05. The Balaban J connectivity index is 1.53. The van der Waals surface area contributed by atoms with Crippen LogP contribution >= 0.6 is 0 Å². The molecule has 0 saturated carbocycles. The van der Waals surface area contributed by atoms with E-state index in [1.165, 1.54) is 0 Å². The number of fused-ring (bicyclic) bond motifs is 4. The summed E-state index contributed by atoms with van der Waals surface area (Å²) in [5, 5.41) is 0. The third kappa shape index (κ3) is 3.99. The van der Waals surface area contributed by atoms with Crippen molar-refractivity contribution in [1.29, 1.82) is 0 Å². The van der Waals surface area contributed by atoms with E-state index in [9.17, 15) is 4.79 Å². The molecule has 194 valence electrons. The average Bonchev–Trinajstić information content (AvgIpc) is 3.48. The van der Waals surface area contributed by atoms with Gasteiger partial charge in [-0.15, -0.1) is 6.42 Å². The lowest BCUT2D eigenvalue weighted by Crippen LogP contribution is -2.44. The average molecular weight is 518 g/mol. The molecule has 6 heteroatoms. The molecule has 1 atom stereocenters. The van der Waals surface area contributed by atoms with Gasteiger partial charge in [0.2, 0.25) is 5.91 Å². The summed E-state index contributed by atoms with van der Waals surface area (Å²) in [6.45, 7) is 0.242. The first-order valence-corrected chi connectivity index (χ1v) is 12.7. The van der Waals surface area contributed by atoms with Crippen LogP contribution in [0.3, 0.4) is 0 Å². The van der Waals surface area contributed by atoms with Crippen molar-refractivity contribution < 1.29 is 23.7 Å². The van der Waals surface area contributed by atoms with Gasteiger partial charge in [0, 0.05) is 24.4 Å². The standard InChI is InChI=1S/C33H27NO5/c1-3-18-37-29-19-26-28(20-30(29)39-22-36-2)38-21-33(26)25-16-10-11-17-27(25)34(32(33)35)31(23-12-6-4-7-13-23)24-14-8-5-9-15-24/h1,4-17,19-20,31H,18,21-22H2,2H3. The van der Waals surface area contributed by atoms with Crippen LogP contribution in [0.4, 0.5) is 5.69 Å². The second-order valence-electron chi connectivity index (χ2n) is 9.45. The van der Waals surface area contributed by atoms with E-state index in [0.717, 1.165) is 27.9 Å². The molecule has 4 aromatic carbocycles. The molecular formula is C33H27NO5. The lowest BCUT2D eigenvalue weighted by Gasteiger charge is -2.31. The Kier molecular flexibility index (Phi) is 6.44. The third-order valence-corrected chi connectivity index (χ3v) is 7.29. The summed E-state index contributed by atoms with van der Waals surface area (Å²) < 4.78 is 22.9. The fraction of sp³-hybridized carbons (Fsp3) is 0.182. The van der Waals surface area contributed by atoms with Crippen molar-refractivity contribution in [3.05, 3.63) is 119 Å². The highest BCUT2D eigenvalue weighted by atomic mass is 16.7. The van der Waals surface area contributed by atoms with Crippen molar-refractivity contribution in [2.45, 2.75) is 11.5 Å². The Morgan fingerprint density at radius 2 is 1.54 bits per heavy atom. The summed E-state index contributed by atoms with van der Waals surface area (Å²) in [7, 11) is 1.54. The zero-order chi connectivity index (χ0) is 26.8. The van der Waals surface area contributed by atoms with Gasteiger partial charge in [0.25, 0.3) is 0 Å². The summed E-state index contributed by atoms with van der Waals surface area (Å²) in [6, 6.07) is 31.4. The van der Waals surface area contributed by atoms with Gasteiger partial charge < -0.3 is 18.9 Å². The Hall–Kier alpha value is -4.73. The van der Waals surface area contributed by atoms with Gasteiger partial charge in [0.05, 0.1) is 6.04 Å². The number of amides is 1. The van der Waals surface area contributed by atoms with Gasteiger partial charge in [0.15, 0.2) is 18.3 Å². The lowest BCUT2D eigenvalue weighted by atomic mass is 9.77. The van der Waals surface area contributed by atoms with E-state index in [2.05, 4.69) is 30.2 Å². The molecule has 1 spiro atoms. The smallest absolute Gasteiger partial charge is 0.246 e. The number of benzene rings is 4. The normalized spacial score (nSPS) is 17.1. The number of nitrogens with zero attached hydrogens (tertiary/aromatic N) is 1. The van der Waals surface area contributed by atoms with Gasteiger partial charge in [-0.25, -0.2) is 0 Å². The van der Waals surface area contributed by atoms with Gasteiger partial charge >= 0.3 is 0 Å². The lowest BCUT2D eigenvalue weighted by molar-refractivity contribution is -0.122. The second kappa shape index (κ2) is 10.2. The van der Waals surface area contributed by atoms with Crippen LogP contribution in [0.5, 0.6) is 17.2 Å². The molecule has 2 heterocycles. The van der Waals surface area contributed by atoms with Gasteiger partial charge in [0.1, 0.15) is 24.4 Å². The maximum Gasteiger partial charge on any atom is 0.246 e. The summed E-state index contributed by atoms with van der Waals surface area (Å²) >= 11 is 0. The van der Waals surface area contributed by atoms with Crippen molar-refractivity contribution in [2.75, 3.05) is 32.0 Å². The van der Waals surface area contributed by atoms with E-state index in [4.69, 9.17) is 25.4 Å².